The Bertz CT molecular complexity index is 883. The Hall–Kier alpha value is -1.58. The van der Waals surface area contributed by atoms with Gasteiger partial charge >= 0.3 is 0 Å². The summed E-state index contributed by atoms with van der Waals surface area (Å²) < 4.78 is 5.90. The van der Waals surface area contributed by atoms with Gasteiger partial charge in [0.05, 0.1) is 0 Å². The standard InChI is InChI=1S/C23H30N4OS.HI/c1-2-24-23(25-11-7-21-15-19-5-3-4-6-22(19)28-21)26-20-8-12-27(13-9-20)16-18-10-14-29-17-18;/h3-6,10,14-15,17,20H,2,7-9,11-13,16H2,1H3,(H2,24,25,26);1H. The first kappa shape index (κ1) is 23.1. The van der Waals surface area contributed by atoms with Crippen molar-refractivity contribution in [1.82, 2.24) is 15.5 Å². The van der Waals surface area contributed by atoms with Crippen LogP contribution in [-0.4, -0.2) is 43.1 Å². The summed E-state index contributed by atoms with van der Waals surface area (Å²) in [6.45, 7) is 7.03. The van der Waals surface area contributed by atoms with E-state index in [1.54, 1.807) is 11.3 Å². The molecule has 1 aliphatic rings. The Kier molecular flexibility index (Phi) is 9.02. The number of halogens is 1. The number of nitrogens with zero attached hydrogens (tertiary/aromatic N) is 2. The minimum Gasteiger partial charge on any atom is -0.461 e. The molecule has 0 atom stereocenters. The van der Waals surface area contributed by atoms with Gasteiger partial charge in [-0.25, -0.2) is 0 Å². The summed E-state index contributed by atoms with van der Waals surface area (Å²) in [5.41, 5.74) is 2.38. The van der Waals surface area contributed by atoms with Crippen LogP contribution in [0, 0.1) is 0 Å². The Balaban J connectivity index is 0.00000256. The second-order valence-corrected chi connectivity index (χ2v) is 8.37. The molecule has 0 spiro atoms. The monoisotopic (exact) mass is 538 g/mol. The number of thiophene rings is 1. The first-order valence-electron chi connectivity index (χ1n) is 10.6. The molecule has 4 rings (SSSR count). The maximum atomic E-state index is 5.90. The lowest BCUT2D eigenvalue weighted by molar-refractivity contribution is 0.198. The van der Waals surface area contributed by atoms with Crippen molar-refractivity contribution >= 4 is 52.2 Å². The van der Waals surface area contributed by atoms with Crippen LogP contribution in [0.2, 0.25) is 0 Å². The number of furan rings is 1. The highest BCUT2D eigenvalue weighted by atomic mass is 127. The molecule has 0 amide bonds. The molecule has 0 aliphatic carbocycles. The minimum absolute atomic E-state index is 0. The number of likely N-dealkylation sites (tertiary alicyclic amines) is 1. The third kappa shape index (κ3) is 6.46. The van der Waals surface area contributed by atoms with Gasteiger partial charge in [0.2, 0.25) is 0 Å². The molecule has 0 unspecified atom stereocenters. The van der Waals surface area contributed by atoms with Gasteiger partial charge in [0.15, 0.2) is 5.96 Å². The first-order chi connectivity index (χ1) is 14.3. The Labute approximate surface area is 200 Å². The van der Waals surface area contributed by atoms with Crippen molar-refractivity contribution in [2.75, 3.05) is 26.2 Å². The number of piperidine rings is 1. The molecule has 1 saturated heterocycles. The van der Waals surface area contributed by atoms with Crippen molar-refractivity contribution in [1.29, 1.82) is 0 Å². The molecule has 3 heterocycles. The lowest BCUT2D eigenvalue weighted by Gasteiger charge is -2.33. The molecule has 2 N–H and O–H groups in total. The summed E-state index contributed by atoms with van der Waals surface area (Å²) in [7, 11) is 0. The normalized spacial score (nSPS) is 15.8. The van der Waals surface area contributed by atoms with Gasteiger partial charge in [-0.1, -0.05) is 18.2 Å². The number of hydrogen-bond donors (Lipinski definition) is 2. The van der Waals surface area contributed by atoms with Gasteiger partial charge in [-0.2, -0.15) is 11.3 Å². The predicted octanol–water partition coefficient (Wildman–Crippen LogP) is 4.87. The summed E-state index contributed by atoms with van der Waals surface area (Å²) in [5, 5.41) is 12.6. The minimum atomic E-state index is 0. The summed E-state index contributed by atoms with van der Waals surface area (Å²) in [4.78, 5) is 7.32. The first-order valence-corrected chi connectivity index (χ1v) is 11.5. The van der Waals surface area contributed by atoms with E-state index >= 15 is 0 Å². The van der Waals surface area contributed by atoms with Crippen LogP contribution in [0.25, 0.3) is 11.0 Å². The molecule has 1 aliphatic heterocycles. The van der Waals surface area contributed by atoms with Gasteiger partial charge in [0, 0.05) is 50.6 Å². The van der Waals surface area contributed by atoms with E-state index in [-0.39, 0.29) is 24.0 Å². The molecule has 0 bridgehead atoms. The number of rotatable bonds is 7. The molecular weight excluding hydrogens is 507 g/mol. The van der Waals surface area contributed by atoms with Gasteiger partial charge in [0.25, 0.3) is 0 Å². The van der Waals surface area contributed by atoms with Crippen molar-refractivity contribution in [3.05, 3.63) is 58.5 Å². The van der Waals surface area contributed by atoms with Crippen molar-refractivity contribution in [2.45, 2.75) is 38.8 Å². The zero-order valence-corrected chi connectivity index (χ0v) is 20.6. The number of guanidine groups is 1. The fourth-order valence-electron chi connectivity index (χ4n) is 3.83. The molecule has 0 saturated carbocycles. The van der Waals surface area contributed by atoms with E-state index in [1.807, 2.05) is 18.2 Å². The molecule has 1 aromatic carbocycles. The van der Waals surface area contributed by atoms with Crippen LogP contribution in [0.1, 0.15) is 31.1 Å². The molecule has 3 aromatic rings. The Morgan fingerprint density at radius 3 is 2.80 bits per heavy atom. The van der Waals surface area contributed by atoms with E-state index < -0.39 is 0 Å². The third-order valence-corrected chi connectivity index (χ3v) is 6.10. The van der Waals surface area contributed by atoms with E-state index in [1.165, 1.54) is 5.56 Å². The van der Waals surface area contributed by atoms with Crippen LogP contribution in [0.3, 0.4) is 0 Å². The van der Waals surface area contributed by atoms with Crippen molar-refractivity contribution in [3.8, 4) is 0 Å². The number of fused-ring (bicyclic) bond motifs is 1. The highest BCUT2D eigenvalue weighted by Crippen LogP contribution is 2.19. The molecule has 30 heavy (non-hydrogen) atoms. The lowest BCUT2D eigenvalue weighted by Crippen LogP contribution is -2.48. The van der Waals surface area contributed by atoms with Gasteiger partial charge in [0.1, 0.15) is 11.3 Å². The fourth-order valence-corrected chi connectivity index (χ4v) is 4.49. The molecular formula is C23H31IN4OS. The van der Waals surface area contributed by atoms with Crippen molar-refractivity contribution in [2.24, 2.45) is 4.99 Å². The second-order valence-electron chi connectivity index (χ2n) is 7.59. The maximum absolute atomic E-state index is 5.90. The van der Waals surface area contributed by atoms with E-state index in [4.69, 9.17) is 9.41 Å². The molecule has 1 fully saturated rings. The number of hydrogen-bond acceptors (Lipinski definition) is 4. The van der Waals surface area contributed by atoms with Gasteiger partial charge in [-0.05, 0) is 54.3 Å². The maximum Gasteiger partial charge on any atom is 0.191 e. The summed E-state index contributed by atoms with van der Waals surface area (Å²) in [6.07, 6.45) is 3.11. The van der Waals surface area contributed by atoms with Crippen LogP contribution < -0.4 is 10.6 Å². The SMILES string of the molecule is CCNC(=NCCc1cc2ccccc2o1)NC1CCN(Cc2ccsc2)CC1.I. The van der Waals surface area contributed by atoms with Crippen LogP contribution in [-0.2, 0) is 13.0 Å². The largest absolute Gasteiger partial charge is 0.461 e. The lowest BCUT2D eigenvalue weighted by atomic mass is 10.0. The summed E-state index contributed by atoms with van der Waals surface area (Å²) in [6, 6.07) is 13.0. The number of benzene rings is 1. The van der Waals surface area contributed by atoms with E-state index in [0.717, 1.165) is 68.1 Å². The topological polar surface area (TPSA) is 52.8 Å². The number of para-hydroxylation sites is 1. The zero-order valence-electron chi connectivity index (χ0n) is 17.5. The van der Waals surface area contributed by atoms with Gasteiger partial charge in [-0.3, -0.25) is 9.89 Å². The van der Waals surface area contributed by atoms with Crippen molar-refractivity contribution < 1.29 is 4.42 Å². The summed E-state index contributed by atoms with van der Waals surface area (Å²) in [5.74, 6) is 1.91. The third-order valence-electron chi connectivity index (χ3n) is 5.36. The van der Waals surface area contributed by atoms with Gasteiger partial charge < -0.3 is 15.1 Å². The van der Waals surface area contributed by atoms with Crippen molar-refractivity contribution in [3.63, 3.8) is 0 Å². The van der Waals surface area contributed by atoms with E-state index in [9.17, 15) is 0 Å². The van der Waals surface area contributed by atoms with E-state index in [2.05, 4.69) is 51.4 Å². The number of aliphatic imine (C=N–C) groups is 1. The molecule has 2 aromatic heterocycles. The highest BCUT2D eigenvalue weighted by molar-refractivity contribution is 14.0. The summed E-state index contributed by atoms with van der Waals surface area (Å²) >= 11 is 1.78. The quantitative estimate of drug-likeness (QED) is 0.256. The fraction of sp³-hybridized carbons (Fsp3) is 0.435. The highest BCUT2D eigenvalue weighted by Gasteiger charge is 2.20. The van der Waals surface area contributed by atoms with Gasteiger partial charge in [-0.15, -0.1) is 24.0 Å². The average Bonchev–Trinajstić information content (AvgIpc) is 3.39. The van der Waals surface area contributed by atoms with Crippen LogP contribution in [0.15, 0.2) is 56.6 Å². The molecule has 5 nitrogen and oxygen atoms in total. The second kappa shape index (κ2) is 11.7. The Morgan fingerprint density at radius 2 is 2.07 bits per heavy atom. The van der Waals surface area contributed by atoms with Crippen LogP contribution >= 0.6 is 35.3 Å². The number of nitrogens with one attached hydrogen (secondary N) is 2. The zero-order chi connectivity index (χ0) is 19.9. The average molecular weight is 538 g/mol. The van der Waals surface area contributed by atoms with Crippen LogP contribution in [0.4, 0.5) is 0 Å². The Morgan fingerprint density at radius 1 is 1.23 bits per heavy atom. The molecule has 0 radical (unpaired) electrons. The van der Waals surface area contributed by atoms with Crippen LogP contribution in [0.5, 0.6) is 0 Å². The predicted molar refractivity (Wildman–Crippen MR) is 137 cm³/mol. The molecule has 7 heteroatoms. The molecule has 162 valence electrons. The van der Waals surface area contributed by atoms with E-state index in [0.29, 0.717) is 12.6 Å². The smallest absolute Gasteiger partial charge is 0.191 e.